The van der Waals surface area contributed by atoms with Gasteiger partial charge in [0, 0.05) is 0 Å². The van der Waals surface area contributed by atoms with Crippen LogP contribution in [0.5, 0.6) is 0 Å². The maximum Gasteiger partial charge on any atom is -0.00124 e. The van der Waals surface area contributed by atoms with E-state index >= 15 is 0 Å². The van der Waals surface area contributed by atoms with Gasteiger partial charge in [0.25, 0.3) is 0 Å². The van der Waals surface area contributed by atoms with Crippen LogP contribution in [0.4, 0.5) is 0 Å². The van der Waals surface area contributed by atoms with Crippen molar-refractivity contribution in [1.29, 1.82) is 0 Å². The molecule has 0 aromatic carbocycles. The van der Waals surface area contributed by atoms with Crippen molar-refractivity contribution in [2.24, 2.45) is 5.92 Å². The summed E-state index contributed by atoms with van der Waals surface area (Å²) in [4.78, 5) is 0. The molecule has 0 spiro atoms. The Hall–Kier alpha value is -1.30. The van der Waals surface area contributed by atoms with Crippen molar-refractivity contribution in [2.75, 3.05) is 0 Å². The van der Waals surface area contributed by atoms with Crippen LogP contribution < -0.4 is 0 Å². The van der Waals surface area contributed by atoms with E-state index in [1.165, 1.54) is 29.6 Å². The van der Waals surface area contributed by atoms with Gasteiger partial charge < -0.3 is 0 Å². The van der Waals surface area contributed by atoms with Gasteiger partial charge in [-0.2, -0.15) is 0 Å². The first-order chi connectivity index (χ1) is 7.83. The summed E-state index contributed by atoms with van der Waals surface area (Å²) in [5, 5.41) is 0. The molecular weight excluding hydrogens is 192 g/mol. The Balaban J connectivity index is 2.22. The van der Waals surface area contributed by atoms with Crippen LogP contribution in [0.25, 0.3) is 0 Å². The molecule has 2 rings (SSSR count). The van der Waals surface area contributed by atoms with Gasteiger partial charge in [-0.25, -0.2) is 0 Å². The molecule has 1 unspecified atom stereocenters. The quantitative estimate of drug-likeness (QED) is 0.593. The molecule has 0 N–H and O–H groups in total. The SMILES string of the molecule is C=CC1C=C(C2=CC(CC)=CCC2)C=CC1. The second-order valence-corrected chi connectivity index (χ2v) is 4.50. The van der Waals surface area contributed by atoms with Crippen molar-refractivity contribution in [3.8, 4) is 0 Å². The number of hydrogen-bond acceptors (Lipinski definition) is 0. The third-order valence-electron chi connectivity index (χ3n) is 3.36. The average molecular weight is 212 g/mol. The van der Waals surface area contributed by atoms with Crippen LogP contribution in [0.3, 0.4) is 0 Å². The summed E-state index contributed by atoms with van der Waals surface area (Å²) >= 11 is 0. The highest BCUT2D eigenvalue weighted by atomic mass is 14.2. The van der Waals surface area contributed by atoms with E-state index in [-0.39, 0.29) is 0 Å². The predicted octanol–water partition coefficient (Wildman–Crippen LogP) is 4.73. The molecule has 0 aromatic rings. The fourth-order valence-electron chi connectivity index (χ4n) is 2.33. The zero-order valence-electron chi connectivity index (χ0n) is 10.1. The summed E-state index contributed by atoms with van der Waals surface area (Å²) in [6, 6.07) is 0. The Kier molecular flexibility index (Phi) is 3.61. The third-order valence-corrected chi connectivity index (χ3v) is 3.36. The molecule has 2 aliphatic carbocycles. The summed E-state index contributed by atoms with van der Waals surface area (Å²) in [7, 11) is 0. The molecule has 0 radical (unpaired) electrons. The molecule has 16 heavy (non-hydrogen) atoms. The fraction of sp³-hybridized carbons (Fsp3) is 0.375. The van der Waals surface area contributed by atoms with Gasteiger partial charge in [-0.15, -0.1) is 6.58 Å². The van der Waals surface area contributed by atoms with E-state index in [0.29, 0.717) is 5.92 Å². The highest BCUT2D eigenvalue weighted by Crippen LogP contribution is 2.29. The van der Waals surface area contributed by atoms with Crippen molar-refractivity contribution >= 4 is 0 Å². The molecule has 0 heteroatoms. The van der Waals surface area contributed by atoms with Crippen LogP contribution in [0, 0.1) is 5.92 Å². The Morgan fingerprint density at radius 1 is 1.50 bits per heavy atom. The molecular formula is C16H20. The lowest BCUT2D eigenvalue weighted by Crippen LogP contribution is -2.01. The molecule has 0 saturated carbocycles. The summed E-state index contributed by atoms with van der Waals surface area (Å²) < 4.78 is 0. The van der Waals surface area contributed by atoms with Crippen LogP contribution in [0.2, 0.25) is 0 Å². The first kappa shape index (κ1) is 11.2. The highest BCUT2D eigenvalue weighted by molar-refractivity contribution is 5.47. The van der Waals surface area contributed by atoms with Gasteiger partial charge in [0.05, 0.1) is 0 Å². The lowest BCUT2D eigenvalue weighted by atomic mass is 9.87. The standard InChI is InChI=1S/C16H20/c1-3-13-7-5-9-15(11-13)16-10-6-8-14(4-2)12-16/h3,5,8-9,11-13H,1,4,6-7,10H2,2H3. The van der Waals surface area contributed by atoms with Gasteiger partial charge in [0.1, 0.15) is 0 Å². The Morgan fingerprint density at radius 3 is 3.12 bits per heavy atom. The van der Waals surface area contributed by atoms with Crippen LogP contribution in [-0.2, 0) is 0 Å². The number of rotatable bonds is 3. The van der Waals surface area contributed by atoms with Gasteiger partial charge in [-0.1, -0.05) is 49.0 Å². The third kappa shape index (κ3) is 2.44. The second kappa shape index (κ2) is 5.16. The molecule has 0 aliphatic heterocycles. The van der Waals surface area contributed by atoms with E-state index in [1.54, 1.807) is 0 Å². The lowest BCUT2D eigenvalue weighted by Gasteiger charge is -2.18. The minimum atomic E-state index is 0.525. The molecule has 1 atom stereocenters. The smallest absolute Gasteiger partial charge is 0.00124 e. The molecule has 0 nitrogen and oxygen atoms in total. The van der Waals surface area contributed by atoms with Crippen LogP contribution in [0.1, 0.15) is 32.6 Å². The minimum absolute atomic E-state index is 0.525. The molecule has 0 heterocycles. The maximum atomic E-state index is 3.89. The van der Waals surface area contributed by atoms with Gasteiger partial charge in [0.15, 0.2) is 0 Å². The Morgan fingerprint density at radius 2 is 2.38 bits per heavy atom. The molecule has 0 amide bonds. The fourth-order valence-corrected chi connectivity index (χ4v) is 2.33. The Bertz CT molecular complexity index is 388. The van der Waals surface area contributed by atoms with E-state index in [2.05, 4.69) is 43.9 Å². The van der Waals surface area contributed by atoms with Crippen molar-refractivity contribution in [1.82, 2.24) is 0 Å². The van der Waals surface area contributed by atoms with Gasteiger partial charge in [-0.3, -0.25) is 0 Å². The summed E-state index contributed by atoms with van der Waals surface area (Å²) in [5.41, 5.74) is 4.40. The average Bonchev–Trinajstić information content (AvgIpc) is 2.39. The first-order valence-electron chi connectivity index (χ1n) is 6.24. The van der Waals surface area contributed by atoms with Gasteiger partial charge in [-0.05, 0) is 42.7 Å². The van der Waals surface area contributed by atoms with E-state index in [9.17, 15) is 0 Å². The van der Waals surface area contributed by atoms with Gasteiger partial charge >= 0.3 is 0 Å². The topological polar surface area (TPSA) is 0 Å². The minimum Gasteiger partial charge on any atom is -0.102 e. The van der Waals surface area contributed by atoms with Gasteiger partial charge in [0.2, 0.25) is 0 Å². The van der Waals surface area contributed by atoms with Crippen molar-refractivity contribution in [3.05, 3.63) is 59.8 Å². The normalized spacial score (nSPS) is 24.6. The molecule has 2 aliphatic rings. The van der Waals surface area contributed by atoms with E-state index < -0.39 is 0 Å². The monoisotopic (exact) mass is 212 g/mol. The van der Waals surface area contributed by atoms with E-state index in [1.807, 2.05) is 6.08 Å². The zero-order valence-corrected chi connectivity index (χ0v) is 10.1. The van der Waals surface area contributed by atoms with E-state index in [4.69, 9.17) is 0 Å². The van der Waals surface area contributed by atoms with Crippen LogP contribution >= 0.6 is 0 Å². The summed E-state index contributed by atoms with van der Waals surface area (Å²) in [5.74, 6) is 0.525. The largest absolute Gasteiger partial charge is 0.102 e. The highest BCUT2D eigenvalue weighted by Gasteiger charge is 2.11. The van der Waals surface area contributed by atoms with Crippen molar-refractivity contribution in [3.63, 3.8) is 0 Å². The first-order valence-corrected chi connectivity index (χ1v) is 6.24. The van der Waals surface area contributed by atoms with Crippen LogP contribution in [-0.4, -0.2) is 0 Å². The van der Waals surface area contributed by atoms with Crippen LogP contribution in [0.15, 0.2) is 59.8 Å². The predicted molar refractivity (Wildman–Crippen MR) is 71.2 cm³/mol. The molecule has 84 valence electrons. The van der Waals surface area contributed by atoms with E-state index in [0.717, 1.165) is 12.8 Å². The molecule has 0 bridgehead atoms. The number of hydrogen-bond donors (Lipinski definition) is 0. The summed E-state index contributed by atoms with van der Waals surface area (Å²) in [6.45, 7) is 6.11. The molecule has 0 fully saturated rings. The number of allylic oxidation sites excluding steroid dienone is 9. The van der Waals surface area contributed by atoms with Crippen molar-refractivity contribution in [2.45, 2.75) is 32.6 Å². The summed E-state index contributed by atoms with van der Waals surface area (Å²) in [6.07, 6.45) is 18.3. The lowest BCUT2D eigenvalue weighted by molar-refractivity contribution is 0.809. The second-order valence-electron chi connectivity index (χ2n) is 4.50. The maximum absolute atomic E-state index is 3.89. The zero-order chi connectivity index (χ0) is 11.4. The Labute approximate surface area is 98.8 Å². The van der Waals surface area contributed by atoms with Crippen molar-refractivity contribution < 1.29 is 0 Å². The molecule has 0 aromatic heterocycles. The molecule has 0 saturated heterocycles.